The Bertz CT molecular complexity index is 336. The van der Waals surface area contributed by atoms with Crippen LogP contribution in [0.5, 0.6) is 0 Å². The Labute approximate surface area is 101 Å². The van der Waals surface area contributed by atoms with Crippen molar-refractivity contribution in [1.82, 2.24) is 4.98 Å². The van der Waals surface area contributed by atoms with Crippen LogP contribution in [0.3, 0.4) is 0 Å². The third kappa shape index (κ3) is 2.94. The van der Waals surface area contributed by atoms with Crippen LogP contribution in [0.25, 0.3) is 0 Å². The maximum Gasteiger partial charge on any atom is 0.128 e. The van der Waals surface area contributed by atoms with Gasteiger partial charge in [-0.1, -0.05) is 13.8 Å². The fraction of sp³-hybridized carbons (Fsp3) is 0.583. The molecule has 0 N–H and O–H groups in total. The Kier molecular flexibility index (Phi) is 4.14. The van der Waals surface area contributed by atoms with Gasteiger partial charge in [-0.3, -0.25) is 0 Å². The minimum absolute atomic E-state index is 0.498. The Balaban J connectivity index is 2.91. The van der Waals surface area contributed by atoms with Crippen molar-refractivity contribution in [3.05, 3.63) is 22.3 Å². The van der Waals surface area contributed by atoms with Gasteiger partial charge in [-0.2, -0.15) is 0 Å². The highest BCUT2D eigenvalue weighted by atomic mass is 79.9. The molecule has 0 aromatic carbocycles. The molecule has 15 heavy (non-hydrogen) atoms. The van der Waals surface area contributed by atoms with Crippen molar-refractivity contribution >= 4 is 21.7 Å². The topological polar surface area (TPSA) is 16.1 Å². The highest BCUT2D eigenvalue weighted by Gasteiger charge is 2.14. The zero-order chi connectivity index (χ0) is 11.6. The van der Waals surface area contributed by atoms with E-state index in [1.54, 1.807) is 0 Å². The van der Waals surface area contributed by atoms with Crippen LogP contribution in [0.1, 0.15) is 26.3 Å². The zero-order valence-electron chi connectivity index (χ0n) is 10.1. The van der Waals surface area contributed by atoms with Crippen LogP contribution in [-0.2, 0) is 0 Å². The second kappa shape index (κ2) is 4.97. The predicted octanol–water partition coefficient (Wildman–Crippen LogP) is 3.63. The lowest BCUT2D eigenvalue weighted by Gasteiger charge is -2.29. The van der Waals surface area contributed by atoms with Crippen molar-refractivity contribution in [2.75, 3.05) is 11.9 Å². The highest BCUT2D eigenvalue weighted by molar-refractivity contribution is 9.10. The number of rotatable bonds is 3. The third-order valence-electron chi connectivity index (χ3n) is 2.97. The van der Waals surface area contributed by atoms with Gasteiger partial charge in [0, 0.05) is 23.8 Å². The predicted molar refractivity (Wildman–Crippen MR) is 69.4 cm³/mol. The zero-order valence-corrected chi connectivity index (χ0v) is 11.7. The molecule has 1 aromatic heterocycles. The lowest BCUT2D eigenvalue weighted by molar-refractivity contribution is 0.502. The Hall–Kier alpha value is -0.570. The molecule has 1 heterocycles. The summed E-state index contributed by atoms with van der Waals surface area (Å²) in [5, 5.41) is 0. The maximum absolute atomic E-state index is 4.42. The summed E-state index contributed by atoms with van der Waals surface area (Å²) in [5.41, 5.74) is 1.22. The summed E-state index contributed by atoms with van der Waals surface area (Å²) < 4.78 is 1.07. The molecule has 1 unspecified atom stereocenters. The van der Waals surface area contributed by atoms with Gasteiger partial charge in [-0.25, -0.2) is 4.98 Å². The van der Waals surface area contributed by atoms with Gasteiger partial charge in [0.05, 0.1) is 0 Å². The van der Waals surface area contributed by atoms with Crippen LogP contribution >= 0.6 is 15.9 Å². The highest BCUT2D eigenvalue weighted by Crippen LogP contribution is 2.22. The number of aryl methyl sites for hydroxylation is 1. The fourth-order valence-electron chi connectivity index (χ4n) is 1.37. The average molecular weight is 271 g/mol. The maximum atomic E-state index is 4.42. The molecule has 0 saturated carbocycles. The molecule has 0 aliphatic heterocycles. The van der Waals surface area contributed by atoms with Crippen molar-refractivity contribution < 1.29 is 0 Å². The first-order valence-electron chi connectivity index (χ1n) is 5.28. The van der Waals surface area contributed by atoms with Gasteiger partial charge >= 0.3 is 0 Å². The SMILES string of the molecule is Cc1cc(N(C)C(C)C(C)C)ncc1Br. The van der Waals surface area contributed by atoms with E-state index in [0.717, 1.165) is 10.3 Å². The number of aromatic nitrogens is 1. The largest absolute Gasteiger partial charge is 0.357 e. The number of halogens is 1. The molecule has 0 fully saturated rings. The van der Waals surface area contributed by atoms with Crippen molar-refractivity contribution in [3.8, 4) is 0 Å². The second-order valence-electron chi connectivity index (χ2n) is 4.39. The lowest BCUT2D eigenvalue weighted by Crippen LogP contribution is -2.33. The number of hydrogen-bond acceptors (Lipinski definition) is 2. The molecule has 1 rings (SSSR count). The summed E-state index contributed by atoms with van der Waals surface area (Å²) in [4.78, 5) is 6.65. The molecule has 84 valence electrons. The van der Waals surface area contributed by atoms with E-state index in [-0.39, 0.29) is 0 Å². The van der Waals surface area contributed by atoms with Gasteiger partial charge in [0.15, 0.2) is 0 Å². The smallest absolute Gasteiger partial charge is 0.128 e. The van der Waals surface area contributed by atoms with Crippen molar-refractivity contribution in [3.63, 3.8) is 0 Å². The van der Waals surface area contributed by atoms with E-state index < -0.39 is 0 Å². The first kappa shape index (κ1) is 12.5. The lowest BCUT2D eigenvalue weighted by atomic mass is 10.1. The van der Waals surface area contributed by atoms with Crippen LogP contribution in [0.15, 0.2) is 16.7 Å². The number of pyridine rings is 1. The molecule has 0 aliphatic carbocycles. The van der Waals surface area contributed by atoms with Gasteiger partial charge in [-0.15, -0.1) is 0 Å². The van der Waals surface area contributed by atoms with Crippen molar-refractivity contribution in [2.24, 2.45) is 5.92 Å². The third-order valence-corrected chi connectivity index (χ3v) is 3.80. The van der Waals surface area contributed by atoms with E-state index in [4.69, 9.17) is 0 Å². The summed E-state index contributed by atoms with van der Waals surface area (Å²) in [5.74, 6) is 1.66. The molecule has 0 saturated heterocycles. The van der Waals surface area contributed by atoms with Gasteiger partial charge < -0.3 is 4.90 Å². The van der Waals surface area contributed by atoms with Crippen LogP contribution < -0.4 is 4.90 Å². The molecule has 2 nitrogen and oxygen atoms in total. The molecular formula is C12H19BrN2. The summed E-state index contributed by atoms with van der Waals surface area (Å²) in [6.45, 7) is 8.77. The minimum Gasteiger partial charge on any atom is -0.357 e. The molecule has 3 heteroatoms. The van der Waals surface area contributed by atoms with E-state index in [9.17, 15) is 0 Å². The van der Waals surface area contributed by atoms with Crippen molar-refractivity contribution in [2.45, 2.75) is 33.7 Å². The minimum atomic E-state index is 0.498. The summed E-state index contributed by atoms with van der Waals surface area (Å²) in [7, 11) is 2.10. The standard InChI is InChI=1S/C12H19BrN2/c1-8(2)10(4)15(5)12-6-9(3)11(13)7-14-12/h6-8,10H,1-5H3. The molecule has 1 aromatic rings. The summed E-state index contributed by atoms with van der Waals surface area (Å²) in [6, 6.07) is 2.61. The van der Waals surface area contributed by atoms with E-state index in [0.29, 0.717) is 12.0 Å². The van der Waals surface area contributed by atoms with Crippen LogP contribution in [0, 0.1) is 12.8 Å². The Morgan fingerprint density at radius 1 is 1.33 bits per heavy atom. The van der Waals surface area contributed by atoms with Gasteiger partial charge in [0.25, 0.3) is 0 Å². The molecule has 0 aliphatic rings. The molecule has 0 spiro atoms. The van der Waals surface area contributed by atoms with Crippen LogP contribution in [0.2, 0.25) is 0 Å². The number of hydrogen-bond donors (Lipinski definition) is 0. The molecule has 0 amide bonds. The van der Waals surface area contributed by atoms with Crippen LogP contribution in [-0.4, -0.2) is 18.1 Å². The first-order chi connectivity index (χ1) is 6.93. The normalized spacial score (nSPS) is 13.0. The second-order valence-corrected chi connectivity index (χ2v) is 5.24. The quantitative estimate of drug-likeness (QED) is 0.834. The van der Waals surface area contributed by atoms with E-state index in [2.05, 4.69) is 66.6 Å². The monoisotopic (exact) mass is 270 g/mol. The van der Waals surface area contributed by atoms with E-state index in [1.165, 1.54) is 5.56 Å². The molecule has 0 bridgehead atoms. The number of anilines is 1. The number of nitrogens with zero attached hydrogens (tertiary/aromatic N) is 2. The molecule has 0 radical (unpaired) electrons. The first-order valence-corrected chi connectivity index (χ1v) is 6.07. The Morgan fingerprint density at radius 2 is 1.93 bits per heavy atom. The van der Waals surface area contributed by atoms with Gasteiger partial charge in [0.1, 0.15) is 5.82 Å². The molecule has 1 atom stereocenters. The van der Waals surface area contributed by atoms with Gasteiger partial charge in [0.2, 0.25) is 0 Å². The average Bonchev–Trinajstić information content (AvgIpc) is 2.19. The Morgan fingerprint density at radius 3 is 2.40 bits per heavy atom. The summed E-state index contributed by atoms with van der Waals surface area (Å²) >= 11 is 3.46. The fourth-order valence-corrected chi connectivity index (χ4v) is 1.59. The van der Waals surface area contributed by atoms with Crippen LogP contribution in [0.4, 0.5) is 5.82 Å². The van der Waals surface area contributed by atoms with Crippen molar-refractivity contribution in [1.29, 1.82) is 0 Å². The molecular weight excluding hydrogens is 252 g/mol. The van der Waals surface area contributed by atoms with E-state index >= 15 is 0 Å². The summed E-state index contributed by atoms with van der Waals surface area (Å²) in [6.07, 6.45) is 1.87. The van der Waals surface area contributed by atoms with Gasteiger partial charge in [-0.05, 0) is 47.3 Å². The van der Waals surface area contributed by atoms with E-state index in [1.807, 2.05) is 6.20 Å².